The quantitative estimate of drug-likeness (QED) is 0.759. The van der Waals surface area contributed by atoms with E-state index < -0.39 is 11.7 Å². The number of halogens is 1. The lowest BCUT2D eigenvalue weighted by Gasteiger charge is -2.08. The fourth-order valence-electron chi connectivity index (χ4n) is 3.09. The van der Waals surface area contributed by atoms with E-state index in [2.05, 4.69) is 15.3 Å². The number of anilines is 1. The number of benzene rings is 2. The number of aromatic nitrogens is 2. The van der Waals surface area contributed by atoms with Gasteiger partial charge >= 0.3 is 0 Å². The van der Waals surface area contributed by atoms with Gasteiger partial charge in [-0.1, -0.05) is 36.4 Å². The summed E-state index contributed by atoms with van der Waals surface area (Å²) in [6.07, 6.45) is 3.82. The Hall–Kier alpha value is -3.28. The van der Waals surface area contributed by atoms with Gasteiger partial charge in [0.15, 0.2) is 0 Å². The van der Waals surface area contributed by atoms with E-state index in [9.17, 15) is 9.18 Å². The Bertz CT molecular complexity index is 961. The zero-order valence-corrected chi connectivity index (χ0v) is 13.9. The van der Waals surface area contributed by atoms with Crippen molar-refractivity contribution in [2.75, 3.05) is 5.73 Å². The smallest absolute Gasteiger partial charge is 0.254 e. The second-order valence-corrected chi connectivity index (χ2v) is 6.32. The highest BCUT2D eigenvalue weighted by molar-refractivity contribution is 5.95. The molecule has 26 heavy (non-hydrogen) atoms. The molecule has 0 aliphatic heterocycles. The summed E-state index contributed by atoms with van der Waals surface area (Å²) in [5.41, 5.74) is 7.84. The zero-order chi connectivity index (χ0) is 18.1. The van der Waals surface area contributed by atoms with Crippen LogP contribution in [0.1, 0.15) is 28.3 Å². The third-order valence-corrected chi connectivity index (χ3v) is 4.55. The minimum Gasteiger partial charge on any atom is -0.382 e. The summed E-state index contributed by atoms with van der Waals surface area (Å²) in [5, 5.41) is 2.90. The van der Waals surface area contributed by atoms with Crippen LogP contribution in [0.3, 0.4) is 0 Å². The predicted molar refractivity (Wildman–Crippen MR) is 96.9 cm³/mol. The average Bonchev–Trinajstić information content (AvgIpc) is 3.42. The van der Waals surface area contributed by atoms with Crippen molar-refractivity contribution in [2.45, 2.75) is 18.4 Å². The van der Waals surface area contributed by atoms with Crippen LogP contribution in [-0.2, 0) is 0 Å². The summed E-state index contributed by atoms with van der Waals surface area (Å²) in [6, 6.07) is 14.4. The lowest BCUT2D eigenvalue weighted by Crippen LogP contribution is -2.27. The van der Waals surface area contributed by atoms with Crippen LogP contribution in [0.25, 0.3) is 11.3 Å². The van der Waals surface area contributed by atoms with Crippen molar-refractivity contribution >= 4 is 11.7 Å². The Labute approximate surface area is 150 Å². The van der Waals surface area contributed by atoms with Crippen LogP contribution < -0.4 is 11.1 Å². The van der Waals surface area contributed by atoms with E-state index in [1.54, 1.807) is 6.07 Å². The summed E-state index contributed by atoms with van der Waals surface area (Å²) in [6.45, 7) is 0. The summed E-state index contributed by atoms with van der Waals surface area (Å²) < 4.78 is 14.5. The Morgan fingerprint density at radius 2 is 1.88 bits per heavy atom. The van der Waals surface area contributed by atoms with Crippen LogP contribution in [0.15, 0.2) is 60.9 Å². The fraction of sp³-hybridized carbons (Fsp3) is 0.150. The van der Waals surface area contributed by atoms with Gasteiger partial charge in [0.2, 0.25) is 0 Å². The molecular formula is C20H17FN4O. The molecule has 4 rings (SSSR count). The molecule has 2 atom stereocenters. The van der Waals surface area contributed by atoms with Gasteiger partial charge in [-0.2, -0.15) is 0 Å². The average molecular weight is 348 g/mol. The van der Waals surface area contributed by atoms with E-state index in [0.29, 0.717) is 17.2 Å². The number of carbonyl (C=O) groups excluding carboxylic acids is 1. The number of nitrogen functional groups attached to an aromatic ring is 1. The molecule has 130 valence electrons. The second-order valence-electron chi connectivity index (χ2n) is 6.32. The number of nitrogens with one attached hydrogen (secondary N) is 1. The fourth-order valence-corrected chi connectivity index (χ4v) is 3.09. The van der Waals surface area contributed by atoms with Crippen molar-refractivity contribution in [3.63, 3.8) is 0 Å². The minimum atomic E-state index is -0.609. The van der Waals surface area contributed by atoms with E-state index in [1.165, 1.54) is 30.1 Å². The van der Waals surface area contributed by atoms with Crippen molar-refractivity contribution < 1.29 is 9.18 Å². The molecule has 2 aromatic carbocycles. The predicted octanol–water partition coefficient (Wildman–Crippen LogP) is 3.15. The molecule has 3 N–H and O–H groups in total. The van der Waals surface area contributed by atoms with E-state index in [1.807, 2.05) is 30.3 Å². The lowest BCUT2D eigenvalue weighted by atomic mass is 10.1. The maximum Gasteiger partial charge on any atom is 0.254 e. The SMILES string of the molecule is Nc1nccnc1-c1ccc(C(=O)NC2C[C@@H]2c2ccccc2)c(F)c1. The molecule has 5 nitrogen and oxygen atoms in total. The van der Waals surface area contributed by atoms with E-state index in [0.717, 1.165) is 6.42 Å². The van der Waals surface area contributed by atoms with Crippen molar-refractivity contribution in [3.8, 4) is 11.3 Å². The topological polar surface area (TPSA) is 80.9 Å². The third-order valence-electron chi connectivity index (χ3n) is 4.55. The van der Waals surface area contributed by atoms with Crippen molar-refractivity contribution in [1.29, 1.82) is 0 Å². The van der Waals surface area contributed by atoms with Gasteiger partial charge in [0.1, 0.15) is 17.3 Å². The zero-order valence-electron chi connectivity index (χ0n) is 13.9. The van der Waals surface area contributed by atoms with Crippen LogP contribution in [-0.4, -0.2) is 21.9 Å². The molecule has 1 aliphatic rings. The molecule has 1 aliphatic carbocycles. The maximum atomic E-state index is 14.5. The van der Waals surface area contributed by atoms with Gasteiger partial charge in [0.25, 0.3) is 5.91 Å². The Morgan fingerprint density at radius 1 is 1.12 bits per heavy atom. The highest BCUT2D eigenvalue weighted by Gasteiger charge is 2.39. The molecular weight excluding hydrogens is 331 g/mol. The van der Waals surface area contributed by atoms with Crippen LogP contribution in [0, 0.1) is 5.82 Å². The van der Waals surface area contributed by atoms with Gasteiger partial charge < -0.3 is 11.1 Å². The Kier molecular flexibility index (Phi) is 4.08. The summed E-state index contributed by atoms with van der Waals surface area (Å²) in [7, 11) is 0. The third kappa shape index (κ3) is 3.13. The van der Waals surface area contributed by atoms with Crippen LogP contribution >= 0.6 is 0 Å². The molecule has 1 aromatic heterocycles. The number of nitrogens with two attached hydrogens (primary N) is 1. The van der Waals surface area contributed by atoms with Crippen molar-refractivity contribution in [2.24, 2.45) is 0 Å². The molecule has 1 heterocycles. The molecule has 1 unspecified atom stereocenters. The van der Waals surface area contributed by atoms with Crippen molar-refractivity contribution in [1.82, 2.24) is 15.3 Å². The van der Waals surface area contributed by atoms with Crippen LogP contribution in [0.2, 0.25) is 0 Å². The maximum absolute atomic E-state index is 14.5. The van der Waals surface area contributed by atoms with E-state index >= 15 is 0 Å². The van der Waals surface area contributed by atoms with E-state index in [4.69, 9.17) is 5.73 Å². The summed E-state index contributed by atoms with van der Waals surface area (Å²) in [4.78, 5) is 20.5. The number of hydrogen-bond acceptors (Lipinski definition) is 4. The van der Waals surface area contributed by atoms with Gasteiger partial charge in [0, 0.05) is 29.9 Å². The lowest BCUT2D eigenvalue weighted by molar-refractivity contribution is 0.0946. The molecule has 1 amide bonds. The van der Waals surface area contributed by atoms with Gasteiger partial charge in [-0.05, 0) is 24.1 Å². The van der Waals surface area contributed by atoms with Crippen LogP contribution in [0.5, 0.6) is 0 Å². The minimum absolute atomic E-state index is 0.00919. The largest absolute Gasteiger partial charge is 0.382 e. The van der Waals surface area contributed by atoms with Gasteiger partial charge in [-0.25, -0.2) is 9.37 Å². The molecule has 6 heteroatoms. The molecule has 1 fully saturated rings. The number of carbonyl (C=O) groups is 1. The number of rotatable bonds is 4. The van der Waals surface area contributed by atoms with Crippen LogP contribution in [0.4, 0.5) is 10.2 Å². The van der Waals surface area contributed by atoms with Gasteiger partial charge in [0.05, 0.1) is 5.56 Å². The first-order chi connectivity index (χ1) is 12.6. The second kappa shape index (κ2) is 6.55. The first-order valence-corrected chi connectivity index (χ1v) is 8.35. The monoisotopic (exact) mass is 348 g/mol. The Balaban J connectivity index is 1.48. The highest BCUT2D eigenvalue weighted by atomic mass is 19.1. The molecule has 0 radical (unpaired) electrons. The molecule has 0 bridgehead atoms. The molecule has 0 saturated heterocycles. The standard InChI is InChI=1S/C20H17FN4O/c21-16-10-13(18-19(22)24-9-8-23-18)6-7-14(16)20(26)25-17-11-15(17)12-4-2-1-3-5-12/h1-10,15,17H,11H2,(H2,22,24)(H,25,26)/t15-,17?/m1/s1. The summed E-state index contributed by atoms with van der Waals surface area (Å²) in [5.74, 6) is -0.513. The number of amides is 1. The normalized spacial score (nSPS) is 18.3. The van der Waals surface area contributed by atoms with Crippen molar-refractivity contribution in [3.05, 3.63) is 77.9 Å². The van der Waals surface area contributed by atoms with Gasteiger partial charge in [-0.15, -0.1) is 0 Å². The highest BCUT2D eigenvalue weighted by Crippen LogP contribution is 2.40. The summed E-state index contributed by atoms with van der Waals surface area (Å²) >= 11 is 0. The van der Waals surface area contributed by atoms with E-state index in [-0.39, 0.29) is 17.4 Å². The first kappa shape index (κ1) is 16.2. The Morgan fingerprint density at radius 3 is 2.62 bits per heavy atom. The molecule has 1 saturated carbocycles. The number of nitrogens with zero attached hydrogens (tertiary/aromatic N) is 2. The first-order valence-electron chi connectivity index (χ1n) is 8.35. The van der Waals surface area contributed by atoms with Gasteiger partial charge in [-0.3, -0.25) is 9.78 Å². The number of hydrogen-bond donors (Lipinski definition) is 2. The molecule has 3 aromatic rings. The molecule has 0 spiro atoms.